The molecule has 0 radical (unpaired) electrons. The molecular weight excluding hydrogens is 527 g/mol. The third-order valence-corrected chi connectivity index (χ3v) is 8.37. The van der Waals surface area contributed by atoms with E-state index in [2.05, 4.69) is 29.6 Å². The second-order valence-corrected chi connectivity index (χ2v) is 11.9. The van der Waals surface area contributed by atoms with Crippen LogP contribution in [0.4, 0.5) is 5.69 Å². The van der Waals surface area contributed by atoms with Gasteiger partial charge in [-0.2, -0.15) is 0 Å². The van der Waals surface area contributed by atoms with Crippen molar-refractivity contribution >= 4 is 41.2 Å². The minimum Gasteiger partial charge on any atom is -0.390 e. The van der Waals surface area contributed by atoms with E-state index in [9.17, 15) is 14.3 Å². The van der Waals surface area contributed by atoms with E-state index in [-0.39, 0.29) is 30.1 Å². The second-order valence-electron chi connectivity index (χ2n) is 10.1. The maximum Gasteiger partial charge on any atom is 0.358 e. The SMILES string of the molecule is CCOP(=O)(O)c1ccc(CON=C2C(=O)N(Cc3nc4ccccc4n3CCC(C)C)c3ccccc32)cc1. The van der Waals surface area contributed by atoms with Gasteiger partial charge in [0, 0.05) is 12.1 Å². The lowest BCUT2D eigenvalue weighted by Gasteiger charge is -2.18. The number of oxime groups is 1. The minimum atomic E-state index is -3.84. The first kappa shape index (κ1) is 27.8. The van der Waals surface area contributed by atoms with Crippen LogP contribution in [0.15, 0.2) is 78.0 Å². The second kappa shape index (κ2) is 11.8. The molecule has 40 heavy (non-hydrogen) atoms. The number of benzene rings is 3. The quantitative estimate of drug-likeness (QED) is 0.195. The topological polar surface area (TPSA) is 106 Å². The van der Waals surface area contributed by atoms with Crippen molar-refractivity contribution in [3.8, 4) is 0 Å². The summed E-state index contributed by atoms with van der Waals surface area (Å²) in [7, 11) is -3.84. The smallest absolute Gasteiger partial charge is 0.358 e. The zero-order chi connectivity index (χ0) is 28.3. The lowest BCUT2D eigenvalue weighted by molar-refractivity contribution is -0.112. The largest absolute Gasteiger partial charge is 0.390 e. The summed E-state index contributed by atoms with van der Waals surface area (Å²) < 4.78 is 19.4. The maximum absolute atomic E-state index is 13.6. The average molecular weight is 561 g/mol. The molecule has 1 N–H and O–H groups in total. The van der Waals surface area contributed by atoms with E-state index in [0.29, 0.717) is 18.0 Å². The number of carbonyl (C=O) groups excluding carboxylic acids is 1. The number of aryl methyl sites for hydroxylation is 1. The number of para-hydroxylation sites is 3. The molecule has 0 spiro atoms. The van der Waals surface area contributed by atoms with E-state index in [1.54, 1.807) is 24.0 Å². The lowest BCUT2D eigenvalue weighted by atomic mass is 10.1. The molecule has 208 valence electrons. The van der Waals surface area contributed by atoms with E-state index in [4.69, 9.17) is 14.3 Å². The van der Waals surface area contributed by atoms with Gasteiger partial charge in [-0.15, -0.1) is 0 Å². The summed E-state index contributed by atoms with van der Waals surface area (Å²) in [6.45, 7) is 7.41. The first-order chi connectivity index (χ1) is 19.3. The minimum absolute atomic E-state index is 0.0919. The highest BCUT2D eigenvalue weighted by atomic mass is 31.2. The maximum atomic E-state index is 13.6. The van der Waals surface area contributed by atoms with Crippen molar-refractivity contribution in [2.45, 2.75) is 46.9 Å². The third-order valence-electron chi connectivity index (χ3n) is 6.81. The fraction of sp³-hybridized carbons (Fsp3) is 0.300. The molecule has 1 aromatic heterocycles. The van der Waals surface area contributed by atoms with Crippen LogP contribution in [-0.4, -0.2) is 32.7 Å². The monoisotopic (exact) mass is 560 g/mol. The Kier molecular flexibility index (Phi) is 8.17. The summed E-state index contributed by atoms with van der Waals surface area (Å²) in [5.74, 6) is 1.10. The third kappa shape index (κ3) is 5.72. The zero-order valence-corrected chi connectivity index (χ0v) is 23.8. The van der Waals surface area contributed by atoms with Crippen molar-refractivity contribution in [1.82, 2.24) is 9.55 Å². The highest BCUT2D eigenvalue weighted by molar-refractivity contribution is 7.61. The summed E-state index contributed by atoms with van der Waals surface area (Å²) in [5, 5.41) is 4.44. The molecule has 1 atom stereocenters. The Bertz CT molecular complexity index is 1600. The number of fused-ring (bicyclic) bond motifs is 2. The van der Waals surface area contributed by atoms with Gasteiger partial charge in [0.05, 0.1) is 35.2 Å². The molecule has 5 rings (SSSR count). The van der Waals surface area contributed by atoms with E-state index >= 15 is 0 Å². The Hall–Kier alpha value is -3.78. The van der Waals surface area contributed by atoms with Crippen LogP contribution in [0.5, 0.6) is 0 Å². The Morgan fingerprint density at radius 1 is 1.02 bits per heavy atom. The van der Waals surface area contributed by atoms with E-state index in [1.807, 2.05) is 42.5 Å². The van der Waals surface area contributed by atoms with E-state index in [0.717, 1.165) is 41.1 Å². The van der Waals surface area contributed by atoms with Crippen LogP contribution < -0.4 is 10.2 Å². The summed E-state index contributed by atoms with van der Waals surface area (Å²) in [6, 6.07) is 22.0. The van der Waals surface area contributed by atoms with E-state index < -0.39 is 7.60 Å². The molecule has 9 nitrogen and oxygen atoms in total. The van der Waals surface area contributed by atoms with Crippen molar-refractivity contribution < 1.29 is 23.6 Å². The van der Waals surface area contributed by atoms with Gasteiger partial charge in [-0.3, -0.25) is 14.3 Å². The molecule has 1 unspecified atom stereocenters. The first-order valence-corrected chi connectivity index (χ1v) is 15.0. The van der Waals surface area contributed by atoms with Crippen molar-refractivity contribution in [2.75, 3.05) is 11.5 Å². The predicted molar refractivity (Wildman–Crippen MR) is 156 cm³/mol. The van der Waals surface area contributed by atoms with E-state index in [1.165, 1.54) is 12.1 Å². The summed E-state index contributed by atoms with van der Waals surface area (Å²) in [4.78, 5) is 35.8. The molecule has 10 heteroatoms. The van der Waals surface area contributed by atoms with Gasteiger partial charge >= 0.3 is 7.60 Å². The Morgan fingerprint density at radius 2 is 1.75 bits per heavy atom. The van der Waals surface area contributed by atoms with Gasteiger partial charge in [0.2, 0.25) is 0 Å². The lowest BCUT2D eigenvalue weighted by Crippen LogP contribution is -2.31. The molecule has 0 saturated carbocycles. The number of nitrogens with zero attached hydrogens (tertiary/aromatic N) is 4. The molecule has 0 bridgehead atoms. The number of aromatic nitrogens is 2. The number of imidazole rings is 1. The van der Waals surface area contributed by atoms with Crippen LogP contribution in [0.1, 0.15) is 44.1 Å². The fourth-order valence-electron chi connectivity index (χ4n) is 4.73. The number of carbonyl (C=O) groups is 1. The van der Waals surface area contributed by atoms with Gasteiger partial charge in [-0.25, -0.2) is 4.98 Å². The number of amides is 1. The molecule has 1 aliphatic heterocycles. The Morgan fingerprint density at radius 3 is 2.50 bits per heavy atom. The molecule has 0 fully saturated rings. The Labute approximate surface area is 233 Å². The summed E-state index contributed by atoms with van der Waals surface area (Å²) >= 11 is 0. The molecule has 1 aliphatic rings. The molecule has 0 saturated heterocycles. The van der Waals surface area contributed by atoms with Crippen LogP contribution in [0.3, 0.4) is 0 Å². The molecule has 4 aromatic rings. The van der Waals surface area contributed by atoms with Crippen LogP contribution in [0, 0.1) is 5.92 Å². The van der Waals surface area contributed by atoms with Gasteiger partial charge in [0.25, 0.3) is 5.91 Å². The number of rotatable bonds is 11. The van der Waals surface area contributed by atoms with Crippen LogP contribution in [-0.2, 0) is 38.4 Å². The van der Waals surface area contributed by atoms with Gasteiger partial charge in [-0.05, 0) is 55.2 Å². The van der Waals surface area contributed by atoms with Gasteiger partial charge in [0.15, 0.2) is 5.71 Å². The van der Waals surface area contributed by atoms with Gasteiger partial charge in [0.1, 0.15) is 12.4 Å². The summed E-state index contributed by atoms with van der Waals surface area (Å²) in [5.41, 5.74) is 4.39. The van der Waals surface area contributed by atoms with Gasteiger partial charge < -0.3 is 18.8 Å². The number of hydrogen-bond acceptors (Lipinski definition) is 6. The highest BCUT2D eigenvalue weighted by Gasteiger charge is 2.35. The molecule has 0 aliphatic carbocycles. The Balaban J connectivity index is 1.36. The average Bonchev–Trinajstić information content (AvgIpc) is 3.42. The van der Waals surface area contributed by atoms with Crippen LogP contribution in [0.2, 0.25) is 0 Å². The van der Waals surface area contributed by atoms with Crippen LogP contribution >= 0.6 is 7.60 Å². The molecular formula is C30H33N4O5P. The first-order valence-electron chi connectivity index (χ1n) is 13.4. The summed E-state index contributed by atoms with van der Waals surface area (Å²) in [6.07, 6.45) is 1.00. The standard InChI is InChI=1S/C30H33N4O5P/c1-4-39-40(36,37)23-15-13-22(14-16-23)20-38-32-29-24-9-5-7-11-26(24)34(30(29)35)19-28-31-25-10-6-8-12-27(25)33(28)18-17-21(2)3/h5-16,21H,4,17-20H2,1-3H3,(H,36,37). The van der Waals surface area contributed by atoms with Crippen molar-refractivity contribution in [1.29, 1.82) is 0 Å². The molecule has 1 amide bonds. The van der Waals surface area contributed by atoms with Gasteiger partial charge in [-0.1, -0.05) is 61.5 Å². The van der Waals surface area contributed by atoms with Crippen LogP contribution in [0.25, 0.3) is 11.0 Å². The predicted octanol–water partition coefficient (Wildman–Crippen LogP) is 5.40. The number of hydrogen-bond donors (Lipinski definition) is 1. The van der Waals surface area contributed by atoms with Crippen molar-refractivity contribution in [3.63, 3.8) is 0 Å². The highest BCUT2D eigenvalue weighted by Crippen LogP contribution is 2.40. The van der Waals surface area contributed by atoms with Crippen molar-refractivity contribution in [2.24, 2.45) is 11.1 Å². The zero-order valence-electron chi connectivity index (χ0n) is 22.9. The fourth-order valence-corrected chi connectivity index (χ4v) is 5.76. The molecule has 3 aromatic carbocycles. The molecule has 2 heterocycles. The normalized spacial score (nSPS) is 15.7. The van der Waals surface area contributed by atoms with Crippen molar-refractivity contribution in [3.05, 3.63) is 89.7 Å². The number of anilines is 1.